The topological polar surface area (TPSA) is 51.2 Å². The van der Waals surface area contributed by atoms with Crippen LogP contribution in [0, 0.1) is 6.92 Å². The summed E-state index contributed by atoms with van der Waals surface area (Å²) in [5.74, 6) is 0.766. The fraction of sp³-hybridized carbons (Fsp3) is 0.217. The second-order valence-electron chi connectivity index (χ2n) is 7.34. The van der Waals surface area contributed by atoms with Crippen molar-refractivity contribution in [3.63, 3.8) is 0 Å². The van der Waals surface area contributed by atoms with Crippen LogP contribution in [0.2, 0.25) is 0 Å². The Hall–Kier alpha value is -2.70. The highest BCUT2D eigenvalue weighted by Gasteiger charge is 2.14. The van der Waals surface area contributed by atoms with Gasteiger partial charge in [0.2, 0.25) is 0 Å². The maximum absolute atomic E-state index is 12.6. The molecule has 0 radical (unpaired) electrons. The van der Waals surface area contributed by atoms with Crippen LogP contribution in [0.1, 0.15) is 38.3 Å². The summed E-state index contributed by atoms with van der Waals surface area (Å²) < 4.78 is 7.02. The molecule has 1 aliphatic rings. The van der Waals surface area contributed by atoms with Crippen molar-refractivity contribution in [2.75, 3.05) is 5.32 Å². The summed E-state index contributed by atoms with van der Waals surface area (Å²) in [6.45, 7) is 2.51. The molecule has 146 valence electrons. The zero-order valence-electron chi connectivity index (χ0n) is 16.0. The van der Waals surface area contributed by atoms with Crippen LogP contribution in [0.4, 0.5) is 5.13 Å². The van der Waals surface area contributed by atoms with Crippen LogP contribution in [0.5, 0.6) is 5.75 Å². The van der Waals surface area contributed by atoms with Crippen molar-refractivity contribution in [2.24, 2.45) is 0 Å². The SMILES string of the molecule is Cc1ccc2nc(NC(=O)c3cc(COc4ccc5c(c4)CCC5)cs3)sc2c1. The Morgan fingerprint density at radius 3 is 2.97 bits per heavy atom. The van der Waals surface area contributed by atoms with Crippen molar-refractivity contribution >= 4 is 43.9 Å². The van der Waals surface area contributed by atoms with Crippen LogP contribution in [0.3, 0.4) is 0 Å². The van der Waals surface area contributed by atoms with Gasteiger partial charge >= 0.3 is 0 Å². The quantitative estimate of drug-likeness (QED) is 0.432. The molecule has 0 saturated heterocycles. The Bertz CT molecular complexity index is 1210. The number of thiazole rings is 1. The minimum Gasteiger partial charge on any atom is -0.489 e. The fourth-order valence-corrected chi connectivity index (χ4v) is 5.37. The first kappa shape index (κ1) is 18.3. The Labute approximate surface area is 177 Å². The number of anilines is 1. The Morgan fingerprint density at radius 1 is 1.14 bits per heavy atom. The second-order valence-corrected chi connectivity index (χ2v) is 9.28. The van der Waals surface area contributed by atoms with Crippen LogP contribution >= 0.6 is 22.7 Å². The smallest absolute Gasteiger partial charge is 0.267 e. The molecule has 1 N–H and O–H groups in total. The van der Waals surface area contributed by atoms with Crippen molar-refractivity contribution in [1.29, 1.82) is 0 Å². The Morgan fingerprint density at radius 2 is 2.03 bits per heavy atom. The number of benzene rings is 2. The van der Waals surface area contributed by atoms with Crippen LogP contribution in [-0.2, 0) is 19.4 Å². The van der Waals surface area contributed by atoms with E-state index in [1.54, 1.807) is 0 Å². The van der Waals surface area contributed by atoms with Gasteiger partial charge in [-0.25, -0.2) is 4.98 Å². The van der Waals surface area contributed by atoms with Crippen LogP contribution in [-0.4, -0.2) is 10.9 Å². The molecule has 0 spiro atoms. The molecule has 4 aromatic rings. The average Bonchev–Trinajstić information content (AvgIpc) is 3.44. The van der Waals surface area contributed by atoms with Gasteiger partial charge in [-0.3, -0.25) is 10.1 Å². The lowest BCUT2D eigenvalue weighted by atomic mass is 10.1. The molecule has 0 aliphatic heterocycles. The lowest BCUT2D eigenvalue weighted by Crippen LogP contribution is -2.09. The van der Waals surface area contributed by atoms with E-state index in [4.69, 9.17) is 4.74 Å². The highest BCUT2D eigenvalue weighted by molar-refractivity contribution is 7.22. The standard InChI is InChI=1S/C23H20N2O2S2/c1-14-5-8-19-20(9-14)29-23(24-19)25-22(26)21-10-15(13-28-21)12-27-18-7-6-16-3-2-4-17(16)11-18/h5-11,13H,2-4,12H2,1H3,(H,24,25,26). The van der Waals surface area contributed by atoms with Gasteiger partial charge in [-0.05, 0) is 78.6 Å². The van der Waals surface area contributed by atoms with Crippen LogP contribution in [0.25, 0.3) is 10.2 Å². The number of carbonyl (C=O) groups is 1. The number of nitrogens with zero attached hydrogens (tertiary/aromatic N) is 1. The van der Waals surface area contributed by atoms with Gasteiger partial charge in [-0.1, -0.05) is 23.5 Å². The molecule has 0 unspecified atom stereocenters. The van der Waals surface area contributed by atoms with E-state index in [1.807, 2.05) is 29.6 Å². The zero-order chi connectivity index (χ0) is 19.8. The molecule has 6 heteroatoms. The minimum atomic E-state index is -0.130. The van der Waals surface area contributed by atoms with Gasteiger partial charge in [-0.2, -0.15) is 0 Å². The lowest BCUT2D eigenvalue weighted by molar-refractivity contribution is 0.103. The van der Waals surface area contributed by atoms with Gasteiger partial charge in [0.15, 0.2) is 5.13 Å². The number of hydrogen-bond acceptors (Lipinski definition) is 5. The van der Waals surface area contributed by atoms with E-state index in [0.717, 1.165) is 28.0 Å². The number of amides is 1. The molecule has 0 atom stereocenters. The summed E-state index contributed by atoms with van der Waals surface area (Å²) in [5.41, 5.74) is 5.94. The number of aromatic nitrogens is 1. The molecule has 1 amide bonds. The van der Waals surface area contributed by atoms with Crippen LogP contribution < -0.4 is 10.1 Å². The average molecular weight is 421 g/mol. The predicted octanol–water partition coefficient (Wildman–Crippen LogP) is 5.99. The zero-order valence-corrected chi connectivity index (χ0v) is 17.7. The summed E-state index contributed by atoms with van der Waals surface area (Å²) in [6.07, 6.45) is 3.55. The van der Waals surface area contributed by atoms with E-state index in [9.17, 15) is 4.79 Å². The molecule has 2 aromatic heterocycles. The number of ether oxygens (including phenoxy) is 1. The number of carbonyl (C=O) groups excluding carboxylic acids is 1. The van der Waals surface area contributed by atoms with E-state index < -0.39 is 0 Å². The maximum Gasteiger partial charge on any atom is 0.267 e. The Balaban J connectivity index is 1.23. The molecule has 0 fully saturated rings. The van der Waals surface area contributed by atoms with Crippen molar-refractivity contribution in [2.45, 2.75) is 32.8 Å². The summed E-state index contributed by atoms with van der Waals surface area (Å²) in [4.78, 5) is 17.8. The molecular weight excluding hydrogens is 400 g/mol. The van der Waals surface area contributed by atoms with Gasteiger partial charge in [0.05, 0.1) is 15.1 Å². The second kappa shape index (κ2) is 7.61. The summed E-state index contributed by atoms with van der Waals surface area (Å²) in [7, 11) is 0. The summed E-state index contributed by atoms with van der Waals surface area (Å²) in [5, 5.41) is 5.52. The number of aryl methyl sites for hydroxylation is 3. The monoisotopic (exact) mass is 420 g/mol. The molecule has 29 heavy (non-hydrogen) atoms. The van der Waals surface area contributed by atoms with E-state index in [-0.39, 0.29) is 5.91 Å². The molecule has 5 rings (SSSR count). The first-order valence-electron chi connectivity index (χ1n) is 9.64. The van der Waals surface area contributed by atoms with Gasteiger partial charge in [-0.15, -0.1) is 11.3 Å². The number of nitrogens with one attached hydrogen (secondary N) is 1. The van der Waals surface area contributed by atoms with E-state index >= 15 is 0 Å². The first-order valence-corrected chi connectivity index (χ1v) is 11.3. The predicted molar refractivity (Wildman–Crippen MR) is 119 cm³/mol. The van der Waals surface area contributed by atoms with Gasteiger partial charge in [0.25, 0.3) is 5.91 Å². The number of rotatable bonds is 5. The van der Waals surface area contributed by atoms with Gasteiger partial charge in [0.1, 0.15) is 12.4 Å². The van der Waals surface area contributed by atoms with E-state index in [2.05, 4.69) is 35.4 Å². The van der Waals surface area contributed by atoms with Gasteiger partial charge < -0.3 is 4.74 Å². The third-order valence-corrected chi connectivity index (χ3v) is 7.03. The van der Waals surface area contributed by atoms with Crippen molar-refractivity contribution in [3.05, 3.63) is 75.0 Å². The Kier molecular flexibility index (Phi) is 4.81. The summed E-state index contributed by atoms with van der Waals surface area (Å²) >= 11 is 2.92. The maximum atomic E-state index is 12.6. The molecule has 2 aromatic carbocycles. The largest absolute Gasteiger partial charge is 0.489 e. The van der Waals surface area contributed by atoms with E-state index in [1.165, 1.54) is 52.2 Å². The van der Waals surface area contributed by atoms with Crippen molar-refractivity contribution < 1.29 is 9.53 Å². The normalized spacial score (nSPS) is 12.9. The fourth-order valence-electron chi connectivity index (χ4n) is 3.62. The van der Waals surface area contributed by atoms with Crippen LogP contribution in [0.15, 0.2) is 47.8 Å². The summed E-state index contributed by atoms with van der Waals surface area (Å²) in [6, 6.07) is 14.4. The van der Waals surface area contributed by atoms with Gasteiger partial charge in [0, 0.05) is 5.56 Å². The number of thiophene rings is 1. The molecule has 1 aliphatic carbocycles. The molecule has 0 saturated carbocycles. The first-order chi connectivity index (χ1) is 14.1. The van der Waals surface area contributed by atoms with Crippen molar-refractivity contribution in [3.8, 4) is 5.75 Å². The molecule has 4 nitrogen and oxygen atoms in total. The third-order valence-electron chi connectivity index (χ3n) is 5.12. The highest BCUT2D eigenvalue weighted by Crippen LogP contribution is 2.29. The number of hydrogen-bond donors (Lipinski definition) is 1. The van der Waals surface area contributed by atoms with Crippen molar-refractivity contribution in [1.82, 2.24) is 4.98 Å². The lowest BCUT2D eigenvalue weighted by Gasteiger charge is -2.07. The third kappa shape index (κ3) is 3.91. The molecular formula is C23H20N2O2S2. The number of fused-ring (bicyclic) bond motifs is 2. The molecule has 0 bridgehead atoms. The minimum absolute atomic E-state index is 0.130. The highest BCUT2D eigenvalue weighted by atomic mass is 32.1. The van der Waals surface area contributed by atoms with E-state index in [0.29, 0.717) is 16.6 Å². The molecule has 2 heterocycles.